The van der Waals surface area contributed by atoms with Crippen molar-refractivity contribution in [3.8, 4) is 6.01 Å². The first kappa shape index (κ1) is 14.3. The van der Waals surface area contributed by atoms with Gasteiger partial charge in [-0.1, -0.05) is 0 Å². The minimum atomic E-state index is -0.00851. The van der Waals surface area contributed by atoms with Crippen LogP contribution in [0.2, 0.25) is 0 Å². The lowest BCUT2D eigenvalue weighted by atomic mass is 10.1. The summed E-state index contributed by atoms with van der Waals surface area (Å²) < 4.78 is 10.9. The Labute approximate surface area is 128 Å². The summed E-state index contributed by atoms with van der Waals surface area (Å²) in [7, 11) is 0. The lowest BCUT2D eigenvalue weighted by molar-refractivity contribution is -0.127. The van der Waals surface area contributed by atoms with E-state index in [-0.39, 0.29) is 12.0 Å². The van der Waals surface area contributed by atoms with E-state index in [1.54, 1.807) is 42.9 Å². The predicted octanol–water partition coefficient (Wildman–Crippen LogP) is 2.15. The van der Waals surface area contributed by atoms with Gasteiger partial charge in [0.05, 0.1) is 6.26 Å². The number of hydrogen-bond acceptors (Lipinski definition) is 5. The van der Waals surface area contributed by atoms with Crippen LogP contribution in [0.3, 0.4) is 0 Å². The molecule has 0 atom stereocenters. The lowest BCUT2D eigenvalue weighted by Crippen LogP contribution is -2.41. The van der Waals surface area contributed by atoms with Crippen molar-refractivity contribution in [3.63, 3.8) is 0 Å². The van der Waals surface area contributed by atoms with E-state index in [4.69, 9.17) is 9.15 Å². The molecule has 22 heavy (non-hydrogen) atoms. The van der Waals surface area contributed by atoms with Gasteiger partial charge in [-0.05, 0) is 24.3 Å². The van der Waals surface area contributed by atoms with Gasteiger partial charge < -0.3 is 14.1 Å². The third-order valence-electron chi connectivity index (χ3n) is 3.50. The van der Waals surface area contributed by atoms with Crippen LogP contribution in [-0.2, 0) is 4.79 Å². The maximum absolute atomic E-state index is 12.1. The van der Waals surface area contributed by atoms with Crippen LogP contribution in [0.25, 0.3) is 6.08 Å². The molecule has 3 rings (SSSR count). The molecule has 0 saturated carbocycles. The molecule has 0 radical (unpaired) electrons. The number of furan rings is 1. The van der Waals surface area contributed by atoms with Crippen LogP contribution in [0.1, 0.15) is 18.6 Å². The standard InChI is InChI=1S/C16H17N3O3/c20-15(5-4-13-3-1-12-21-13)19-10-6-14(7-11-19)22-16-17-8-2-9-18-16/h1-5,8-9,12,14H,6-7,10-11H2/b5-4+. The third-order valence-corrected chi connectivity index (χ3v) is 3.50. The highest BCUT2D eigenvalue weighted by atomic mass is 16.5. The highest BCUT2D eigenvalue weighted by Gasteiger charge is 2.23. The van der Waals surface area contributed by atoms with E-state index in [2.05, 4.69) is 9.97 Å². The number of hydrogen-bond donors (Lipinski definition) is 0. The molecular weight excluding hydrogens is 282 g/mol. The van der Waals surface area contributed by atoms with Crippen LogP contribution in [-0.4, -0.2) is 40.0 Å². The maximum atomic E-state index is 12.1. The van der Waals surface area contributed by atoms with Gasteiger partial charge in [0.15, 0.2) is 0 Å². The Kier molecular flexibility index (Phi) is 4.48. The van der Waals surface area contributed by atoms with Crippen molar-refractivity contribution in [1.82, 2.24) is 14.9 Å². The molecule has 0 aromatic carbocycles. The number of carbonyl (C=O) groups excluding carboxylic acids is 1. The minimum Gasteiger partial charge on any atom is -0.465 e. The van der Waals surface area contributed by atoms with Crippen molar-refractivity contribution in [3.05, 3.63) is 48.7 Å². The molecule has 1 amide bonds. The quantitative estimate of drug-likeness (QED) is 0.809. The second kappa shape index (κ2) is 6.89. The molecule has 0 N–H and O–H groups in total. The van der Waals surface area contributed by atoms with Gasteiger partial charge in [0.2, 0.25) is 5.91 Å². The number of likely N-dealkylation sites (tertiary alicyclic amines) is 1. The zero-order valence-corrected chi connectivity index (χ0v) is 12.1. The Balaban J connectivity index is 1.48. The van der Waals surface area contributed by atoms with E-state index >= 15 is 0 Å². The van der Waals surface area contributed by atoms with Crippen LogP contribution in [0.15, 0.2) is 47.3 Å². The van der Waals surface area contributed by atoms with Gasteiger partial charge >= 0.3 is 6.01 Å². The number of ether oxygens (including phenoxy) is 1. The van der Waals surface area contributed by atoms with Crippen molar-refractivity contribution in [2.75, 3.05) is 13.1 Å². The second-order valence-electron chi connectivity index (χ2n) is 5.02. The Hall–Kier alpha value is -2.63. The molecule has 6 heteroatoms. The van der Waals surface area contributed by atoms with Gasteiger partial charge in [-0.2, -0.15) is 0 Å². The SMILES string of the molecule is O=C(/C=C/c1ccco1)N1CCC(Oc2ncccn2)CC1. The average Bonchev–Trinajstić information content (AvgIpc) is 3.08. The summed E-state index contributed by atoms with van der Waals surface area (Å²) in [5.41, 5.74) is 0. The zero-order valence-electron chi connectivity index (χ0n) is 12.1. The maximum Gasteiger partial charge on any atom is 0.316 e. The summed E-state index contributed by atoms with van der Waals surface area (Å²) in [6, 6.07) is 5.74. The van der Waals surface area contributed by atoms with Gasteiger partial charge in [-0.25, -0.2) is 9.97 Å². The van der Waals surface area contributed by atoms with Crippen molar-refractivity contribution in [2.24, 2.45) is 0 Å². The molecule has 0 bridgehead atoms. The molecular formula is C16H17N3O3. The summed E-state index contributed by atoms with van der Waals surface area (Å²) in [4.78, 5) is 22.0. The number of rotatable bonds is 4. The van der Waals surface area contributed by atoms with Crippen LogP contribution >= 0.6 is 0 Å². The van der Waals surface area contributed by atoms with Crippen molar-refractivity contribution >= 4 is 12.0 Å². The number of amides is 1. The monoisotopic (exact) mass is 299 g/mol. The van der Waals surface area contributed by atoms with Gasteiger partial charge in [-0.15, -0.1) is 0 Å². The van der Waals surface area contributed by atoms with E-state index in [1.165, 1.54) is 0 Å². The Morgan fingerprint density at radius 1 is 1.27 bits per heavy atom. The molecule has 0 unspecified atom stereocenters. The first-order valence-electron chi connectivity index (χ1n) is 7.25. The fourth-order valence-corrected chi connectivity index (χ4v) is 2.33. The largest absolute Gasteiger partial charge is 0.465 e. The fourth-order valence-electron chi connectivity index (χ4n) is 2.33. The minimum absolute atomic E-state index is 0.00851. The van der Waals surface area contributed by atoms with Crippen LogP contribution in [0, 0.1) is 0 Å². The fraction of sp³-hybridized carbons (Fsp3) is 0.312. The van der Waals surface area contributed by atoms with Crippen LogP contribution < -0.4 is 4.74 Å². The molecule has 1 aliphatic heterocycles. The molecule has 1 aliphatic rings. The molecule has 3 heterocycles. The van der Waals surface area contributed by atoms with Crippen molar-refractivity contribution in [1.29, 1.82) is 0 Å². The summed E-state index contributed by atoms with van der Waals surface area (Å²) >= 11 is 0. The third kappa shape index (κ3) is 3.72. The molecule has 1 fully saturated rings. The Morgan fingerprint density at radius 2 is 2.05 bits per heavy atom. The average molecular weight is 299 g/mol. The van der Waals surface area contributed by atoms with Crippen LogP contribution in [0.5, 0.6) is 6.01 Å². The van der Waals surface area contributed by atoms with Crippen LogP contribution in [0.4, 0.5) is 0 Å². The van der Waals surface area contributed by atoms with E-state index < -0.39 is 0 Å². The summed E-state index contributed by atoms with van der Waals surface area (Å²) in [5, 5.41) is 0. The summed E-state index contributed by atoms with van der Waals surface area (Å²) in [6.07, 6.45) is 9.72. The molecule has 0 aliphatic carbocycles. The van der Waals surface area contributed by atoms with Crippen molar-refractivity contribution in [2.45, 2.75) is 18.9 Å². The van der Waals surface area contributed by atoms with Gasteiger partial charge in [0.25, 0.3) is 0 Å². The predicted molar refractivity (Wildman–Crippen MR) is 80.0 cm³/mol. The van der Waals surface area contributed by atoms with Gasteiger partial charge in [0.1, 0.15) is 11.9 Å². The smallest absolute Gasteiger partial charge is 0.316 e. The molecule has 1 saturated heterocycles. The first-order valence-corrected chi connectivity index (χ1v) is 7.25. The lowest BCUT2D eigenvalue weighted by Gasteiger charge is -2.30. The first-order chi connectivity index (χ1) is 10.8. The van der Waals surface area contributed by atoms with Gasteiger partial charge in [0, 0.05) is 44.4 Å². The zero-order chi connectivity index (χ0) is 15.2. The van der Waals surface area contributed by atoms with Gasteiger partial charge in [-0.3, -0.25) is 4.79 Å². The Morgan fingerprint density at radius 3 is 2.73 bits per heavy atom. The summed E-state index contributed by atoms with van der Waals surface area (Å²) in [6.45, 7) is 1.33. The number of carbonyl (C=O) groups is 1. The van der Waals surface area contributed by atoms with E-state index in [9.17, 15) is 4.79 Å². The summed E-state index contributed by atoms with van der Waals surface area (Å²) in [5.74, 6) is 0.665. The normalized spacial score (nSPS) is 16.1. The highest BCUT2D eigenvalue weighted by Crippen LogP contribution is 2.16. The molecule has 2 aromatic heterocycles. The number of aromatic nitrogens is 2. The molecule has 0 spiro atoms. The molecule has 2 aromatic rings. The molecule has 6 nitrogen and oxygen atoms in total. The molecule has 114 valence electrons. The second-order valence-corrected chi connectivity index (χ2v) is 5.02. The van der Waals surface area contributed by atoms with E-state index in [0.29, 0.717) is 24.9 Å². The van der Waals surface area contributed by atoms with Crippen molar-refractivity contribution < 1.29 is 13.9 Å². The Bertz CT molecular complexity index is 617. The van der Waals surface area contributed by atoms with E-state index in [0.717, 1.165) is 12.8 Å². The number of nitrogens with zero attached hydrogens (tertiary/aromatic N) is 3. The highest BCUT2D eigenvalue weighted by molar-refractivity contribution is 5.91. The topological polar surface area (TPSA) is 68.5 Å². The number of piperidine rings is 1. The van der Waals surface area contributed by atoms with E-state index in [1.807, 2.05) is 11.0 Å².